The van der Waals surface area contributed by atoms with E-state index in [4.69, 9.17) is 15.2 Å². The molecule has 0 spiro atoms. The van der Waals surface area contributed by atoms with Gasteiger partial charge in [0.2, 0.25) is 17.7 Å². The number of benzene rings is 1. The maximum atomic E-state index is 5.54. The summed E-state index contributed by atoms with van der Waals surface area (Å²) in [5.74, 6) is 1.33. The molecule has 0 saturated carbocycles. The van der Waals surface area contributed by atoms with Crippen molar-refractivity contribution in [3.05, 3.63) is 35.9 Å². The molecule has 112 valence electrons. The summed E-state index contributed by atoms with van der Waals surface area (Å²) in [4.78, 5) is 8.49. The first-order valence-corrected chi connectivity index (χ1v) is 6.78. The van der Waals surface area contributed by atoms with Crippen molar-refractivity contribution < 1.29 is 9.47 Å². The van der Waals surface area contributed by atoms with Gasteiger partial charge in [-0.3, -0.25) is 0 Å². The summed E-state index contributed by atoms with van der Waals surface area (Å²) < 4.78 is 10.3. The molecule has 21 heavy (non-hydrogen) atoms. The molecule has 1 aromatic heterocycles. The molecule has 1 aromatic carbocycles. The second-order valence-electron chi connectivity index (χ2n) is 4.49. The molecule has 6 nitrogen and oxygen atoms in total. The monoisotopic (exact) mass is 288 g/mol. The van der Waals surface area contributed by atoms with Crippen LogP contribution in [0.2, 0.25) is 0 Å². The molecule has 0 aliphatic heterocycles. The average Bonchev–Trinajstić information content (AvgIpc) is 2.52. The highest BCUT2D eigenvalue weighted by atomic mass is 16.5. The Morgan fingerprint density at radius 1 is 1.10 bits per heavy atom. The van der Waals surface area contributed by atoms with Gasteiger partial charge in [-0.2, -0.15) is 9.97 Å². The van der Waals surface area contributed by atoms with Crippen molar-refractivity contribution in [1.29, 1.82) is 0 Å². The molecule has 0 unspecified atom stereocenters. The minimum atomic E-state index is 0.433. The fourth-order valence-corrected chi connectivity index (χ4v) is 1.91. The van der Waals surface area contributed by atoms with Gasteiger partial charge in [0.15, 0.2) is 0 Å². The Hall–Kier alpha value is -2.34. The number of nitrogens with one attached hydrogen (secondary N) is 1. The van der Waals surface area contributed by atoms with Gasteiger partial charge in [-0.25, -0.2) is 0 Å². The van der Waals surface area contributed by atoms with E-state index in [0.717, 1.165) is 18.5 Å². The van der Waals surface area contributed by atoms with Gasteiger partial charge in [0.25, 0.3) is 0 Å². The molecule has 0 bridgehead atoms. The Balaban J connectivity index is 2.17. The van der Waals surface area contributed by atoms with E-state index in [1.807, 2.05) is 12.1 Å². The number of anilines is 2. The number of aryl methyl sites for hydroxylation is 1. The lowest BCUT2D eigenvalue weighted by Crippen LogP contribution is -2.02. The predicted molar refractivity (Wildman–Crippen MR) is 82.2 cm³/mol. The lowest BCUT2D eigenvalue weighted by Gasteiger charge is -2.09. The van der Waals surface area contributed by atoms with Gasteiger partial charge in [0.1, 0.15) is 0 Å². The number of methoxy groups -OCH3 is 2. The van der Waals surface area contributed by atoms with Crippen LogP contribution in [0.1, 0.15) is 12.0 Å². The fourth-order valence-electron chi connectivity index (χ4n) is 1.91. The molecule has 0 fully saturated rings. The van der Waals surface area contributed by atoms with Crippen LogP contribution in [0.5, 0.6) is 11.8 Å². The third-order valence-electron chi connectivity index (χ3n) is 2.95. The van der Waals surface area contributed by atoms with E-state index < -0.39 is 0 Å². The van der Waals surface area contributed by atoms with Crippen molar-refractivity contribution in [3.8, 4) is 11.8 Å². The largest absolute Gasteiger partial charge is 0.481 e. The number of hydrogen-bond acceptors (Lipinski definition) is 6. The van der Waals surface area contributed by atoms with Crippen LogP contribution in [0.4, 0.5) is 11.6 Å². The van der Waals surface area contributed by atoms with Crippen LogP contribution < -0.4 is 20.5 Å². The van der Waals surface area contributed by atoms with E-state index in [1.54, 1.807) is 20.3 Å². The van der Waals surface area contributed by atoms with Crippen molar-refractivity contribution in [2.75, 3.05) is 26.1 Å². The number of aromatic nitrogens is 2. The van der Waals surface area contributed by atoms with Crippen molar-refractivity contribution in [2.45, 2.75) is 12.8 Å². The number of nitrogens with two attached hydrogens (primary N) is 1. The Morgan fingerprint density at radius 2 is 1.81 bits per heavy atom. The van der Waals surface area contributed by atoms with Crippen molar-refractivity contribution in [1.82, 2.24) is 9.97 Å². The average molecular weight is 288 g/mol. The molecule has 0 aliphatic rings. The molecule has 0 atom stereocenters. The zero-order valence-electron chi connectivity index (χ0n) is 12.3. The molecule has 0 aliphatic carbocycles. The van der Waals surface area contributed by atoms with Crippen molar-refractivity contribution in [2.24, 2.45) is 5.73 Å². The number of hydrogen-bond donors (Lipinski definition) is 2. The molecule has 2 rings (SSSR count). The maximum absolute atomic E-state index is 5.54. The summed E-state index contributed by atoms with van der Waals surface area (Å²) in [7, 11) is 3.11. The number of rotatable bonds is 7. The predicted octanol–water partition coefficient (Wildman–Crippen LogP) is 2.13. The quantitative estimate of drug-likeness (QED) is 0.812. The normalized spacial score (nSPS) is 10.2. The molecule has 0 saturated heterocycles. The zero-order chi connectivity index (χ0) is 15.1. The van der Waals surface area contributed by atoms with Crippen LogP contribution in [-0.4, -0.2) is 30.7 Å². The third kappa shape index (κ3) is 4.32. The SMILES string of the molecule is COc1cc(OC)nc(Nc2cccc(CCCN)c2)n1. The minimum absolute atomic E-state index is 0.433. The second kappa shape index (κ2) is 7.44. The lowest BCUT2D eigenvalue weighted by molar-refractivity contribution is 0.373. The highest BCUT2D eigenvalue weighted by Gasteiger charge is 2.06. The van der Waals surface area contributed by atoms with Crippen LogP contribution >= 0.6 is 0 Å². The van der Waals surface area contributed by atoms with Crippen LogP contribution in [0.3, 0.4) is 0 Å². The number of ether oxygens (including phenoxy) is 2. The van der Waals surface area contributed by atoms with Gasteiger partial charge in [0, 0.05) is 5.69 Å². The molecular formula is C15H20N4O2. The molecule has 0 radical (unpaired) electrons. The lowest BCUT2D eigenvalue weighted by atomic mass is 10.1. The van der Waals surface area contributed by atoms with E-state index in [9.17, 15) is 0 Å². The van der Waals surface area contributed by atoms with Crippen LogP contribution in [-0.2, 0) is 6.42 Å². The minimum Gasteiger partial charge on any atom is -0.481 e. The zero-order valence-corrected chi connectivity index (χ0v) is 12.3. The first-order valence-electron chi connectivity index (χ1n) is 6.78. The maximum Gasteiger partial charge on any atom is 0.233 e. The smallest absolute Gasteiger partial charge is 0.233 e. The molecule has 1 heterocycles. The fraction of sp³-hybridized carbons (Fsp3) is 0.333. The molecule has 3 N–H and O–H groups in total. The second-order valence-corrected chi connectivity index (χ2v) is 4.49. The summed E-state index contributed by atoms with van der Waals surface area (Å²) in [6.45, 7) is 0.688. The highest BCUT2D eigenvalue weighted by molar-refractivity contribution is 5.55. The molecule has 0 amide bonds. The standard InChI is InChI=1S/C15H20N4O2/c1-20-13-10-14(21-2)19-15(18-13)17-12-7-3-5-11(9-12)6-4-8-16/h3,5,7,9-10H,4,6,8,16H2,1-2H3,(H,17,18,19). The van der Waals surface area contributed by atoms with Crippen LogP contribution in [0.15, 0.2) is 30.3 Å². The Kier molecular flexibility index (Phi) is 5.34. The van der Waals surface area contributed by atoms with Crippen LogP contribution in [0.25, 0.3) is 0 Å². The Bertz CT molecular complexity index is 567. The first-order chi connectivity index (χ1) is 10.2. The van der Waals surface area contributed by atoms with Gasteiger partial charge in [-0.05, 0) is 37.1 Å². The van der Waals surface area contributed by atoms with E-state index >= 15 is 0 Å². The van der Waals surface area contributed by atoms with Gasteiger partial charge < -0.3 is 20.5 Å². The van der Waals surface area contributed by atoms with Crippen LogP contribution in [0, 0.1) is 0 Å². The van der Waals surface area contributed by atoms with E-state index in [-0.39, 0.29) is 0 Å². The first kappa shape index (κ1) is 15.1. The van der Waals surface area contributed by atoms with Gasteiger partial charge in [0.05, 0.1) is 20.3 Å². The highest BCUT2D eigenvalue weighted by Crippen LogP contribution is 2.21. The van der Waals surface area contributed by atoms with Gasteiger partial charge in [-0.1, -0.05) is 12.1 Å². The Morgan fingerprint density at radius 3 is 2.43 bits per heavy atom. The van der Waals surface area contributed by atoms with E-state index in [1.165, 1.54) is 5.56 Å². The molecule has 2 aromatic rings. The molecular weight excluding hydrogens is 268 g/mol. The van der Waals surface area contributed by atoms with Gasteiger partial charge >= 0.3 is 0 Å². The van der Waals surface area contributed by atoms with Crippen molar-refractivity contribution in [3.63, 3.8) is 0 Å². The summed E-state index contributed by atoms with van der Waals surface area (Å²) in [5, 5.41) is 3.16. The number of nitrogens with zero attached hydrogens (tertiary/aromatic N) is 2. The molecule has 6 heteroatoms. The summed E-state index contributed by atoms with van der Waals surface area (Å²) in [6.07, 6.45) is 1.92. The Labute approximate surface area is 124 Å². The van der Waals surface area contributed by atoms with E-state index in [2.05, 4.69) is 27.4 Å². The van der Waals surface area contributed by atoms with E-state index in [0.29, 0.717) is 24.3 Å². The summed E-state index contributed by atoms with van der Waals surface area (Å²) in [6, 6.07) is 9.72. The van der Waals surface area contributed by atoms with Gasteiger partial charge in [-0.15, -0.1) is 0 Å². The third-order valence-corrected chi connectivity index (χ3v) is 2.95. The summed E-state index contributed by atoms with van der Waals surface area (Å²) >= 11 is 0. The summed E-state index contributed by atoms with van der Waals surface area (Å²) in [5.41, 5.74) is 7.68. The topological polar surface area (TPSA) is 82.3 Å². The van der Waals surface area contributed by atoms with Crippen molar-refractivity contribution >= 4 is 11.6 Å².